The molecular weight excluding hydrogens is 166 g/mol. The number of fused-ring (bicyclic) bond motifs is 2. The van der Waals surface area contributed by atoms with Crippen LogP contribution in [0.4, 0.5) is 0 Å². The zero-order chi connectivity index (χ0) is 9.42. The molecule has 2 bridgehead atoms. The molecule has 0 spiro atoms. The second kappa shape index (κ2) is 3.14. The number of likely N-dealkylation sites (N-methyl/N-ethyl adjacent to an activating group) is 1. The average Bonchev–Trinajstić information content (AvgIpc) is 2.33. The molecule has 0 N–H and O–H groups in total. The predicted octanol–water partition coefficient (Wildman–Crippen LogP) is 0.951. The fraction of sp³-hybridized carbons (Fsp3) is 0.700. The number of piperidine rings is 1. The van der Waals surface area contributed by atoms with E-state index in [0.29, 0.717) is 12.1 Å². The Labute approximate surface area is 78.4 Å². The fourth-order valence-electron chi connectivity index (χ4n) is 2.23. The van der Waals surface area contributed by atoms with E-state index in [-0.39, 0.29) is 12.1 Å². The van der Waals surface area contributed by atoms with Crippen LogP contribution >= 0.6 is 0 Å². The molecule has 2 rings (SSSR count). The van der Waals surface area contributed by atoms with Gasteiger partial charge in [-0.2, -0.15) is 0 Å². The molecule has 0 radical (unpaired) electrons. The molecule has 72 valence electrons. The summed E-state index contributed by atoms with van der Waals surface area (Å²) in [7, 11) is 2.12. The highest BCUT2D eigenvalue weighted by atomic mass is 16.5. The molecule has 1 saturated heterocycles. The molecule has 0 amide bonds. The van der Waals surface area contributed by atoms with Gasteiger partial charge in [0.2, 0.25) is 0 Å². The molecule has 2 heterocycles. The van der Waals surface area contributed by atoms with Crippen LogP contribution in [0, 0.1) is 0 Å². The van der Waals surface area contributed by atoms with Crippen molar-refractivity contribution in [1.82, 2.24) is 4.90 Å². The highest BCUT2D eigenvalue weighted by Gasteiger charge is 2.35. The first kappa shape index (κ1) is 8.75. The monoisotopic (exact) mass is 181 g/mol. The Balaban J connectivity index is 1.97. The number of rotatable bonds is 1. The van der Waals surface area contributed by atoms with Crippen molar-refractivity contribution < 1.29 is 9.53 Å². The Morgan fingerprint density at radius 2 is 1.92 bits per heavy atom. The van der Waals surface area contributed by atoms with Gasteiger partial charge >= 0.3 is 5.97 Å². The lowest BCUT2D eigenvalue weighted by Gasteiger charge is -2.35. The van der Waals surface area contributed by atoms with Crippen molar-refractivity contribution in [3.63, 3.8) is 0 Å². The minimum Gasteiger partial charge on any atom is -0.462 e. The normalized spacial score (nSPS) is 37.8. The van der Waals surface area contributed by atoms with Crippen molar-refractivity contribution in [1.29, 1.82) is 0 Å². The fourth-order valence-corrected chi connectivity index (χ4v) is 2.23. The maximum absolute atomic E-state index is 10.8. The van der Waals surface area contributed by atoms with Gasteiger partial charge in [0.05, 0.1) is 0 Å². The van der Waals surface area contributed by atoms with Crippen molar-refractivity contribution >= 4 is 5.97 Å². The van der Waals surface area contributed by atoms with E-state index < -0.39 is 0 Å². The van der Waals surface area contributed by atoms with E-state index >= 15 is 0 Å². The summed E-state index contributed by atoms with van der Waals surface area (Å²) >= 11 is 0. The van der Waals surface area contributed by atoms with E-state index in [4.69, 9.17) is 4.74 Å². The van der Waals surface area contributed by atoms with E-state index in [0.717, 1.165) is 12.8 Å². The van der Waals surface area contributed by atoms with Crippen LogP contribution in [0.3, 0.4) is 0 Å². The summed E-state index contributed by atoms with van der Waals surface area (Å²) in [4.78, 5) is 13.1. The third kappa shape index (κ3) is 1.61. The lowest BCUT2D eigenvalue weighted by Crippen LogP contribution is -2.44. The number of nitrogens with zero attached hydrogens (tertiary/aromatic N) is 1. The Morgan fingerprint density at radius 3 is 2.38 bits per heavy atom. The highest BCUT2D eigenvalue weighted by molar-refractivity contribution is 5.66. The van der Waals surface area contributed by atoms with Crippen LogP contribution in [-0.2, 0) is 9.53 Å². The smallest absolute Gasteiger partial charge is 0.302 e. The van der Waals surface area contributed by atoms with Crippen molar-refractivity contribution in [3.8, 4) is 0 Å². The molecule has 2 aliphatic rings. The molecule has 13 heavy (non-hydrogen) atoms. The first-order valence-electron chi connectivity index (χ1n) is 4.74. The first-order chi connectivity index (χ1) is 6.16. The number of hydrogen-bond donors (Lipinski definition) is 0. The van der Waals surface area contributed by atoms with Crippen LogP contribution < -0.4 is 0 Å². The minimum atomic E-state index is -0.158. The Morgan fingerprint density at radius 1 is 1.38 bits per heavy atom. The summed E-state index contributed by atoms with van der Waals surface area (Å²) in [5.41, 5.74) is 0. The van der Waals surface area contributed by atoms with Crippen LogP contribution in [-0.4, -0.2) is 36.1 Å². The minimum absolute atomic E-state index is 0.124. The van der Waals surface area contributed by atoms with Gasteiger partial charge < -0.3 is 4.74 Å². The third-order valence-electron chi connectivity index (χ3n) is 2.94. The van der Waals surface area contributed by atoms with E-state index in [1.165, 1.54) is 6.92 Å². The molecule has 0 unspecified atom stereocenters. The van der Waals surface area contributed by atoms with Crippen LogP contribution in [0.1, 0.15) is 19.8 Å². The number of carbonyl (C=O) groups is 1. The van der Waals surface area contributed by atoms with Crippen molar-refractivity contribution in [2.24, 2.45) is 0 Å². The maximum Gasteiger partial charge on any atom is 0.302 e. The SMILES string of the molecule is CC(=O)O[C@H]1C[C@H]2C=C[C@@H](C1)N2C. The maximum atomic E-state index is 10.8. The van der Waals surface area contributed by atoms with Gasteiger partial charge in [0.15, 0.2) is 0 Å². The highest BCUT2D eigenvalue weighted by Crippen LogP contribution is 2.30. The van der Waals surface area contributed by atoms with E-state index in [1.54, 1.807) is 0 Å². The second-order valence-corrected chi connectivity index (χ2v) is 3.89. The number of hydrogen-bond acceptors (Lipinski definition) is 3. The molecule has 3 nitrogen and oxygen atoms in total. The molecule has 0 aliphatic carbocycles. The molecule has 2 aliphatic heterocycles. The molecular formula is C10H15NO2. The number of esters is 1. The van der Waals surface area contributed by atoms with Crippen molar-refractivity contribution in [2.75, 3.05) is 7.05 Å². The third-order valence-corrected chi connectivity index (χ3v) is 2.94. The summed E-state index contributed by atoms with van der Waals surface area (Å²) in [6.45, 7) is 1.48. The van der Waals surface area contributed by atoms with Gasteiger partial charge in [-0.05, 0) is 7.05 Å². The zero-order valence-corrected chi connectivity index (χ0v) is 8.06. The number of carbonyl (C=O) groups excluding carboxylic acids is 1. The van der Waals surface area contributed by atoms with Crippen molar-refractivity contribution in [2.45, 2.75) is 38.0 Å². The Bertz CT molecular complexity index is 233. The van der Waals surface area contributed by atoms with Gasteiger partial charge in [0.1, 0.15) is 6.10 Å². The Kier molecular flexibility index (Phi) is 2.12. The zero-order valence-electron chi connectivity index (χ0n) is 8.06. The van der Waals surface area contributed by atoms with E-state index in [1.807, 2.05) is 0 Å². The van der Waals surface area contributed by atoms with Gasteiger partial charge in [-0.3, -0.25) is 9.69 Å². The predicted molar refractivity (Wildman–Crippen MR) is 49.3 cm³/mol. The first-order valence-corrected chi connectivity index (χ1v) is 4.74. The summed E-state index contributed by atoms with van der Waals surface area (Å²) < 4.78 is 5.21. The summed E-state index contributed by atoms with van der Waals surface area (Å²) in [5, 5.41) is 0. The molecule has 0 aromatic rings. The van der Waals surface area contributed by atoms with Crippen molar-refractivity contribution in [3.05, 3.63) is 12.2 Å². The van der Waals surface area contributed by atoms with E-state index in [2.05, 4.69) is 24.1 Å². The Hall–Kier alpha value is -0.830. The molecule has 0 aromatic heterocycles. The topological polar surface area (TPSA) is 29.5 Å². The van der Waals surface area contributed by atoms with Crippen LogP contribution in [0.15, 0.2) is 12.2 Å². The van der Waals surface area contributed by atoms with E-state index in [9.17, 15) is 4.79 Å². The summed E-state index contributed by atoms with van der Waals surface area (Å²) in [5.74, 6) is -0.158. The summed E-state index contributed by atoms with van der Waals surface area (Å²) in [6, 6.07) is 0.950. The van der Waals surface area contributed by atoms with Gasteiger partial charge in [0.25, 0.3) is 0 Å². The lowest BCUT2D eigenvalue weighted by molar-refractivity contribution is -0.149. The van der Waals surface area contributed by atoms with Gasteiger partial charge in [-0.25, -0.2) is 0 Å². The quantitative estimate of drug-likeness (QED) is 0.445. The lowest BCUT2D eigenvalue weighted by atomic mass is 9.99. The average molecular weight is 181 g/mol. The second-order valence-electron chi connectivity index (χ2n) is 3.89. The van der Waals surface area contributed by atoms with Gasteiger partial charge in [-0.1, -0.05) is 12.2 Å². The van der Waals surface area contributed by atoms with Crippen LogP contribution in [0.5, 0.6) is 0 Å². The molecule has 3 atom stereocenters. The molecule has 0 aromatic carbocycles. The molecule has 1 fully saturated rings. The number of ether oxygens (including phenoxy) is 1. The molecule has 0 saturated carbocycles. The standard InChI is InChI=1S/C10H15NO2/c1-7(12)13-10-5-8-3-4-9(6-10)11(8)2/h3-4,8-10H,5-6H2,1-2H3/t8-,9+,10+. The van der Waals surface area contributed by atoms with Gasteiger partial charge in [-0.15, -0.1) is 0 Å². The molecule has 3 heteroatoms. The van der Waals surface area contributed by atoms with Crippen LogP contribution in [0.2, 0.25) is 0 Å². The van der Waals surface area contributed by atoms with Crippen LogP contribution in [0.25, 0.3) is 0 Å². The largest absolute Gasteiger partial charge is 0.462 e. The summed E-state index contributed by atoms with van der Waals surface area (Å²) in [6.07, 6.45) is 6.45. The van der Waals surface area contributed by atoms with Gasteiger partial charge in [0, 0.05) is 31.8 Å².